The minimum absolute atomic E-state index is 1.09. The maximum absolute atomic E-state index is 4.18. The first-order valence-corrected chi connectivity index (χ1v) is 4.12. The maximum atomic E-state index is 4.18. The Bertz CT molecular complexity index is 293. The lowest BCUT2D eigenvalue weighted by molar-refractivity contribution is -0.573. The molecule has 1 heterocycles. The van der Waals surface area contributed by atoms with Gasteiger partial charge in [0, 0.05) is 6.07 Å². The molecule has 1 aromatic carbocycles. The van der Waals surface area contributed by atoms with Crippen molar-refractivity contribution in [3.8, 4) is 0 Å². The van der Waals surface area contributed by atoms with Gasteiger partial charge < -0.3 is 0 Å². The molecule has 3 heteroatoms. The molecule has 0 spiro atoms. The average Bonchev–Trinajstić information content (AvgIpc) is 2.34. The Labute approximate surface area is 72.5 Å². The molecule has 10 heavy (non-hydrogen) atoms. The molecule has 0 saturated carbocycles. The highest BCUT2D eigenvalue weighted by Crippen LogP contribution is 2.17. The summed E-state index contributed by atoms with van der Waals surface area (Å²) in [6, 6.07) is 8.22. The molecule has 0 fully saturated rings. The molecule has 50 valence electrons. The van der Waals surface area contributed by atoms with Crippen LogP contribution < -0.4 is 5.43 Å². The van der Waals surface area contributed by atoms with Crippen molar-refractivity contribution in [2.75, 3.05) is 0 Å². The molecule has 0 aliphatic carbocycles. The summed E-state index contributed by atoms with van der Waals surface area (Å²) in [5.41, 5.74) is 4.38. The maximum Gasteiger partial charge on any atom is 0.170 e. The highest BCUT2D eigenvalue weighted by molar-refractivity contribution is 14.1. The summed E-state index contributed by atoms with van der Waals surface area (Å²) in [6.07, 6.45) is 0. The van der Waals surface area contributed by atoms with Gasteiger partial charge in [-0.2, -0.15) is 5.43 Å². The fraction of sp³-hybridized carbons (Fsp3) is 0. The molecule has 1 aliphatic rings. The smallest absolute Gasteiger partial charge is 0.170 e. The van der Waals surface area contributed by atoms with Gasteiger partial charge in [0.1, 0.15) is 0 Å². The van der Waals surface area contributed by atoms with E-state index in [4.69, 9.17) is 0 Å². The van der Waals surface area contributed by atoms with Crippen molar-refractivity contribution in [1.29, 1.82) is 0 Å². The second-order valence-electron chi connectivity index (χ2n) is 2.14. The largest absolute Gasteiger partial charge is 0.187 e. The second-order valence-corrected chi connectivity index (χ2v) is 3.16. The third-order valence-corrected chi connectivity index (χ3v) is 2.36. The Hall–Kier alpha value is -0.420. The number of rotatable bonds is 0. The quantitative estimate of drug-likeness (QED) is 0.401. The fourth-order valence-electron chi connectivity index (χ4n) is 0.993. The molecule has 0 unspecified atom stereocenters. The summed E-state index contributed by atoms with van der Waals surface area (Å²) in [7, 11) is 0. The van der Waals surface area contributed by atoms with Crippen molar-refractivity contribution in [2.24, 2.45) is 5.10 Å². The third-order valence-electron chi connectivity index (χ3n) is 1.50. The number of nitrogens with zero attached hydrogens (tertiary/aromatic N) is 1. The van der Waals surface area contributed by atoms with Crippen LogP contribution in [0.25, 0.3) is 0 Å². The SMILES string of the molecule is IC1=N[NH2+]c2ccccc21. The van der Waals surface area contributed by atoms with Gasteiger partial charge in [-0.3, -0.25) is 0 Å². The Morgan fingerprint density at radius 3 is 2.90 bits per heavy atom. The number of nitrogens with two attached hydrogens (primary N) is 1. The molecule has 2 nitrogen and oxygen atoms in total. The van der Waals surface area contributed by atoms with Crippen LogP contribution in [0.3, 0.4) is 0 Å². The monoisotopic (exact) mass is 245 g/mol. The highest BCUT2D eigenvalue weighted by Gasteiger charge is 2.15. The van der Waals surface area contributed by atoms with Gasteiger partial charge in [-0.05, 0) is 28.7 Å². The Kier molecular flexibility index (Phi) is 1.46. The molecule has 0 saturated heterocycles. The lowest BCUT2D eigenvalue weighted by Gasteiger charge is -1.88. The molecular formula is C7H6IN2+. The topological polar surface area (TPSA) is 29.0 Å². The molecule has 1 aliphatic heterocycles. The number of hydrogen-bond donors (Lipinski definition) is 1. The second kappa shape index (κ2) is 2.32. The van der Waals surface area contributed by atoms with E-state index in [0.29, 0.717) is 0 Å². The van der Waals surface area contributed by atoms with E-state index in [1.165, 1.54) is 11.3 Å². The molecule has 2 N–H and O–H groups in total. The molecule has 0 amide bonds. The van der Waals surface area contributed by atoms with Crippen LogP contribution >= 0.6 is 22.6 Å². The first-order chi connectivity index (χ1) is 4.88. The Morgan fingerprint density at radius 2 is 2.10 bits per heavy atom. The molecule has 0 atom stereocenters. The zero-order valence-corrected chi connectivity index (χ0v) is 7.37. The predicted molar refractivity (Wildman–Crippen MR) is 48.6 cm³/mol. The van der Waals surface area contributed by atoms with E-state index in [0.717, 1.165) is 3.72 Å². The first kappa shape index (κ1) is 6.30. The van der Waals surface area contributed by atoms with Crippen LogP contribution in [-0.2, 0) is 0 Å². The summed E-state index contributed by atoms with van der Waals surface area (Å²) in [5, 5.41) is 4.18. The molecule has 2 rings (SSSR count). The highest BCUT2D eigenvalue weighted by atomic mass is 127. The Morgan fingerprint density at radius 1 is 1.30 bits per heavy atom. The van der Waals surface area contributed by atoms with E-state index in [1.54, 1.807) is 0 Å². The van der Waals surface area contributed by atoms with E-state index >= 15 is 0 Å². The van der Waals surface area contributed by atoms with Crippen LogP contribution in [-0.4, -0.2) is 3.72 Å². The number of benzene rings is 1. The molecular weight excluding hydrogens is 239 g/mol. The average molecular weight is 245 g/mol. The number of halogens is 1. The van der Waals surface area contributed by atoms with E-state index in [2.05, 4.69) is 39.8 Å². The van der Waals surface area contributed by atoms with Gasteiger partial charge in [0.15, 0.2) is 9.41 Å². The van der Waals surface area contributed by atoms with Gasteiger partial charge in [-0.15, -0.1) is 0 Å². The summed E-state index contributed by atoms with van der Waals surface area (Å²) >= 11 is 2.24. The van der Waals surface area contributed by atoms with Crippen LogP contribution in [0.1, 0.15) is 5.56 Å². The number of quaternary nitrogens is 1. The van der Waals surface area contributed by atoms with Crippen molar-refractivity contribution in [3.63, 3.8) is 0 Å². The summed E-state index contributed by atoms with van der Waals surface area (Å²) < 4.78 is 1.09. The van der Waals surface area contributed by atoms with E-state index in [1.807, 2.05) is 17.6 Å². The van der Waals surface area contributed by atoms with E-state index < -0.39 is 0 Å². The summed E-state index contributed by atoms with van der Waals surface area (Å²) in [6.45, 7) is 0. The predicted octanol–water partition coefficient (Wildman–Crippen LogP) is 0.992. The van der Waals surface area contributed by atoms with Gasteiger partial charge in [0.2, 0.25) is 0 Å². The molecule has 0 radical (unpaired) electrons. The van der Waals surface area contributed by atoms with E-state index in [9.17, 15) is 0 Å². The lowest BCUT2D eigenvalue weighted by atomic mass is 10.2. The zero-order valence-electron chi connectivity index (χ0n) is 5.21. The summed E-state index contributed by atoms with van der Waals surface area (Å²) in [4.78, 5) is 0. The lowest BCUT2D eigenvalue weighted by Crippen LogP contribution is -2.69. The normalized spacial score (nSPS) is 14.7. The van der Waals surface area contributed by atoms with Crippen molar-refractivity contribution >= 4 is 32.0 Å². The van der Waals surface area contributed by atoms with Gasteiger partial charge in [-0.1, -0.05) is 17.2 Å². The third kappa shape index (κ3) is 0.856. The zero-order chi connectivity index (χ0) is 6.97. The molecule has 0 bridgehead atoms. The molecule has 0 aromatic heterocycles. The minimum Gasteiger partial charge on any atom is -0.187 e. The first-order valence-electron chi connectivity index (χ1n) is 3.04. The van der Waals surface area contributed by atoms with Gasteiger partial charge in [0.05, 0.1) is 5.56 Å². The van der Waals surface area contributed by atoms with Crippen molar-refractivity contribution in [3.05, 3.63) is 29.8 Å². The van der Waals surface area contributed by atoms with Crippen LogP contribution in [0.4, 0.5) is 5.69 Å². The van der Waals surface area contributed by atoms with Crippen molar-refractivity contribution < 1.29 is 5.43 Å². The minimum atomic E-state index is 1.09. The number of fused-ring (bicyclic) bond motifs is 1. The standard InChI is InChI=1S/C7H5IN2/c8-7-5-3-1-2-4-6(5)9-10-7/h1-4H,(H,9,10)/p+1. The van der Waals surface area contributed by atoms with Crippen LogP contribution in [0, 0.1) is 0 Å². The van der Waals surface area contributed by atoms with E-state index in [-0.39, 0.29) is 0 Å². The van der Waals surface area contributed by atoms with Gasteiger partial charge in [0.25, 0.3) is 0 Å². The number of hydrogen-bond acceptors (Lipinski definition) is 1. The van der Waals surface area contributed by atoms with Crippen LogP contribution in [0.5, 0.6) is 0 Å². The van der Waals surface area contributed by atoms with Crippen molar-refractivity contribution in [1.82, 2.24) is 0 Å². The Balaban J connectivity index is 2.61. The fourth-order valence-corrected chi connectivity index (χ4v) is 1.62. The van der Waals surface area contributed by atoms with Crippen molar-refractivity contribution in [2.45, 2.75) is 0 Å². The summed E-state index contributed by atoms with van der Waals surface area (Å²) in [5.74, 6) is 0. The van der Waals surface area contributed by atoms with Crippen LogP contribution in [0.15, 0.2) is 29.4 Å². The molecule has 1 aromatic rings. The van der Waals surface area contributed by atoms with Gasteiger partial charge >= 0.3 is 0 Å². The van der Waals surface area contributed by atoms with Crippen LogP contribution in [0.2, 0.25) is 0 Å². The van der Waals surface area contributed by atoms with Gasteiger partial charge in [-0.25, -0.2) is 0 Å².